The highest BCUT2D eigenvalue weighted by molar-refractivity contribution is 7.99. The first-order valence-electron chi connectivity index (χ1n) is 6.63. The highest BCUT2D eigenvalue weighted by atomic mass is 32.2. The second kappa shape index (κ2) is 6.91. The van der Waals surface area contributed by atoms with E-state index in [2.05, 4.69) is 0 Å². The third-order valence-electron chi connectivity index (χ3n) is 3.04. The quantitative estimate of drug-likeness (QED) is 0.772. The lowest BCUT2D eigenvalue weighted by Gasteiger charge is -2.14. The van der Waals surface area contributed by atoms with E-state index in [-0.39, 0.29) is 10.5 Å². The average Bonchev–Trinajstić information content (AvgIpc) is 2.47. The molecule has 1 N–H and O–H groups in total. The first-order chi connectivity index (χ1) is 10.8. The number of hydrogen-bond acceptors (Lipinski definition) is 2. The van der Waals surface area contributed by atoms with E-state index < -0.39 is 17.7 Å². The van der Waals surface area contributed by atoms with Crippen molar-refractivity contribution in [1.29, 1.82) is 0 Å². The molecule has 0 aliphatic carbocycles. The zero-order valence-corrected chi connectivity index (χ0v) is 12.9. The second-order valence-corrected chi connectivity index (χ2v) is 5.88. The van der Waals surface area contributed by atoms with E-state index in [1.807, 2.05) is 19.1 Å². The monoisotopic (exact) mass is 338 g/mol. The number of aryl methyl sites for hydroxylation is 1. The first-order valence-corrected chi connectivity index (χ1v) is 7.45. The number of halogens is 3. The summed E-state index contributed by atoms with van der Waals surface area (Å²) in [4.78, 5) is 11.3. The molecule has 0 spiro atoms. The summed E-state index contributed by atoms with van der Waals surface area (Å²) in [5, 5.41) is 8.57. The Hall–Kier alpha value is -2.21. The van der Waals surface area contributed by atoms with Crippen LogP contribution in [-0.4, -0.2) is 11.1 Å². The van der Waals surface area contributed by atoms with Crippen LogP contribution >= 0.6 is 11.8 Å². The minimum absolute atomic E-state index is 0.0827. The molecule has 2 nitrogen and oxygen atoms in total. The molecule has 23 heavy (non-hydrogen) atoms. The Morgan fingerprint density at radius 1 is 1.13 bits per heavy atom. The lowest BCUT2D eigenvalue weighted by Crippen LogP contribution is -2.07. The summed E-state index contributed by atoms with van der Waals surface area (Å²) < 4.78 is 39.8. The molecular formula is C17H13F3O2S. The van der Waals surface area contributed by atoms with Gasteiger partial charge in [-0.25, -0.2) is 4.79 Å². The van der Waals surface area contributed by atoms with Gasteiger partial charge in [0.25, 0.3) is 0 Å². The Morgan fingerprint density at radius 2 is 1.83 bits per heavy atom. The van der Waals surface area contributed by atoms with Crippen LogP contribution in [0.4, 0.5) is 13.2 Å². The average molecular weight is 338 g/mol. The van der Waals surface area contributed by atoms with Crippen LogP contribution in [0.15, 0.2) is 58.3 Å². The number of carboxylic acid groups (broad SMARTS) is 1. The van der Waals surface area contributed by atoms with Gasteiger partial charge in [-0.3, -0.25) is 0 Å². The molecule has 120 valence electrons. The van der Waals surface area contributed by atoms with Gasteiger partial charge in [0.05, 0.1) is 5.56 Å². The van der Waals surface area contributed by atoms with Crippen molar-refractivity contribution in [2.75, 3.05) is 0 Å². The highest BCUT2D eigenvalue weighted by Crippen LogP contribution is 2.40. The number of hydrogen-bond donors (Lipinski definition) is 1. The van der Waals surface area contributed by atoms with Crippen molar-refractivity contribution < 1.29 is 23.1 Å². The van der Waals surface area contributed by atoms with Crippen LogP contribution in [-0.2, 0) is 11.0 Å². The van der Waals surface area contributed by atoms with E-state index in [4.69, 9.17) is 5.11 Å². The Kier molecular flexibility index (Phi) is 5.15. The third kappa shape index (κ3) is 4.63. The van der Waals surface area contributed by atoms with Gasteiger partial charge in [-0.15, -0.1) is 0 Å². The SMILES string of the molecule is Cc1ccccc1Sc1ccc(/C=C/C(=O)O)cc1C(F)(F)F. The van der Waals surface area contributed by atoms with Crippen molar-refractivity contribution in [1.82, 2.24) is 0 Å². The lowest BCUT2D eigenvalue weighted by atomic mass is 10.1. The van der Waals surface area contributed by atoms with Crippen LogP contribution in [0.2, 0.25) is 0 Å². The summed E-state index contributed by atoms with van der Waals surface area (Å²) in [6.07, 6.45) is -2.57. The third-order valence-corrected chi connectivity index (χ3v) is 4.29. The second-order valence-electron chi connectivity index (χ2n) is 4.79. The Bertz CT molecular complexity index is 752. The molecule has 2 aromatic carbocycles. The fourth-order valence-electron chi connectivity index (χ4n) is 1.92. The first kappa shape index (κ1) is 17.1. The van der Waals surface area contributed by atoms with Crippen LogP contribution in [0.3, 0.4) is 0 Å². The normalized spacial score (nSPS) is 11.8. The minimum atomic E-state index is -4.52. The van der Waals surface area contributed by atoms with E-state index in [0.29, 0.717) is 0 Å². The fraction of sp³-hybridized carbons (Fsp3) is 0.118. The van der Waals surface area contributed by atoms with Gasteiger partial charge in [0, 0.05) is 15.9 Å². The maximum atomic E-state index is 13.3. The predicted octanol–water partition coefficient (Wildman–Crippen LogP) is 5.26. The Labute approximate surface area is 135 Å². The van der Waals surface area contributed by atoms with E-state index in [1.165, 1.54) is 12.1 Å². The molecule has 0 fully saturated rings. The summed E-state index contributed by atoms with van der Waals surface area (Å²) in [6, 6.07) is 11.0. The smallest absolute Gasteiger partial charge is 0.417 e. The summed E-state index contributed by atoms with van der Waals surface area (Å²) >= 11 is 1.04. The molecule has 0 saturated carbocycles. The molecule has 0 aliphatic heterocycles. The van der Waals surface area contributed by atoms with Gasteiger partial charge < -0.3 is 5.11 Å². The molecule has 0 saturated heterocycles. The summed E-state index contributed by atoms with van der Waals surface area (Å²) in [5.74, 6) is -1.21. The fourth-order valence-corrected chi connectivity index (χ4v) is 2.95. The van der Waals surface area contributed by atoms with Crippen molar-refractivity contribution in [3.05, 3.63) is 65.2 Å². The Morgan fingerprint density at radius 3 is 2.43 bits per heavy atom. The molecule has 0 aromatic heterocycles. The molecule has 2 rings (SSSR count). The van der Waals surface area contributed by atoms with E-state index in [1.54, 1.807) is 12.1 Å². The van der Waals surface area contributed by atoms with Gasteiger partial charge in [0.1, 0.15) is 0 Å². The molecule has 0 amide bonds. The van der Waals surface area contributed by atoms with Gasteiger partial charge in [0.15, 0.2) is 0 Å². The number of carbonyl (C=O) groups is 1. The van der Waals surface area contributed by atoms with E-state index in [9.17, 15) is 18.0 Å². The molecule has 0 radical (unpaired) electrons. The minimum Gasteiger partial charge on any atom is -0.478 e. The van der Waals surface area contributed by atoms with Crippen LogP contribution in [0.1, 0.15) is 16.7 Å². The van der Waals surface area contributed by atoms with Gasteiger partial charge >= 0.3 is 12.1 Å². The Balaban J connectivity index is 2.43. The molecule has 0 bridgehead atoms. The lowest BCUT2D eigenvalue weighted by molar-refractivity contribution is -0.139. The molecule has 2 aromatic rings. The van der Waals surface area contributed by atoms with E-state index >= 15 is 0 Å². The van der Waals surface area contributed by atoms with E-state index in [0.717, 1.165) is 40.4 Å². The number of alkyl halides is 3. The zero-order valence-electron chi connectivity index (χ0n) is 12.1. The molecule has 0 unspecified atom stereocenters. The number of rotatable bonds is 4. The maximum absolute atomic E-state index is 13.3. The van der Waals surface area contributed by atoms with Crippen molar-refractivity contribution in [3.8, 4) is 0 Å². The summed E-state index contributed by atoms with van der Waals surface area (Å²) in [7, 11) is 0. The van der Waals surface area contributed by atoms with Crippen LogP contribution in [0.25, 0.3) is 6.08 Å². The van der Waals surface area contributed by atoms with Gasteiger partial charge in [0.2, 0.25) is 0 Å². The standard InChI is InChI=1S/C17H13F3O2S/c1-11-4-2-3-5-14(11)23-15-8-6-12(7-9-16(21)22)10-13(15)17(18,19)20/h2-10H,1H3,(H,21,22)/b9-7+. The van der Waals surface area contributed by atoms with Crippen LogP contribution in [0.5, 0.6) is 0 Å². The maximum Gasteiger partial charge on any atom is 0.417 e. The number of carboxylic acids is 1. The van der Waals surface area contributed by atoms with Crippen molar-refractivity contribution >= 4 is 23.8 Å². The molecular weight excluding hydrogens is 325 g/mol. The van der Waals surface area contributed by atoms with Crippen molar-refractivity contribution in [2.45, 2.75) is 22.9 Å². The predicted molar refractivity (Wildman–Crippen MR) is 83.4 cm³/mol. The number of aliphatic carboxylic acids is 1. The molecule has 0 heterocycles. The molecule has 0 atom stereocenters. The van der Waals surface area contributed by atoms with Gasteiger partial charge in [-0.05, 0) is 42.3 Å². The largest absolute Gasteiger partial charge is 0.478 e. The molecule has 6 heteroatoms. The van der Waals surface area contributed by atoms with Crippen LogP contribution < -0.4 is 0 Å². The topological polar surface area (TPSA) is 37.3 Å². The van der Waals surface area contributed by atoms with Crippen molar-refractivity contribution in [3.63, 3.8) is 0 Å². The number of benzene rings is 2. The summed E-state index contributed by atoms with van der Waals surface area (Å²) in [6.45, 7) is 1.83. The van der Waals surface area contributed by atoms with Crippen LogP contribution in [0, 0.1) is 6.92 Å². The zero-order chi connectivity index (χ0) is 17.0. The summed E-state index contributed by atoms with van der Waals surface area (Å²) in [5.41, 5.74) is 0.299. The highest BCUT2D eigenvalue weighted by Gasteiger charge is 2.33. The van der Waals surface area contributed by atoms with Gasteiger partial charge in [-0.2, -0.15) is 13.2 Å². The van der Waals surface area contributed by atoms with Gasteiger partial charge in [-0.1, -0.05) is 36.0 Å². The molecule has 0 aliphatic rings. The van der Waals surface area contributed by atoms with Crippen molar-refractivity contribution in [2.24, 2.45) is 0 Å².